The summed E-state index contributed by atoms with van der Waals surface area (Å²) in [6.45, 7) is 10.6. The molecule has 0 fully saturated rings. The van der Waals surface area contributed by atoms with Crippen LogP contribution in [0.4, 0.5) is 5.69 Å². The zero-order chi connectivity index (χ0) is 19.9. The lowest BCUT2D eigenvalue weighted by atomic mass is 9.92. The Hall–Kier alpha value is -1.56. The molecule has 1 N–H and O–H groups in total. The molecule has 0 aromatic heterocycles. The van der Waals surface area contributed by atoms with Crippen molar-refractivity contribution in [1.29, 1.82) is 0 Å². The lowest BCUT2D eigenvalue weighted by Gasteiger charge is -2.29. The Morgan fingerprint density at radius 1 is 1.08 bits per heavy atom. The maximum Gasteiger partial charge on any atom is 0.240 e. The maximum atomic E-state index is 12.5. The van der Waals surface area contributed by atoms with Crippen LogP contribution in [0.3, 0.4) is 0 Å². The van der Waals surface area contributed by atoms with Crippen molar-refractivity contribution in [1.82, 2.24) is 5.32 Å². The van der Waals surface area contributed by atoms with E-state index < -0.39 is 10.0 Å². The summed E-state index contributed by atoms with van der Waals surface area (Å²) in [7, 11) is -3.59. The third-order valence-corrected chi connectivity index (χ3v) is 5.49. The van der Waals surface area contributed by atoms with Gasteiger partial charge in [-0.1, -0.05) is 65.7 Å². The van der Waals surface area contributed by atoms with Crippen molar-refractivity contribution in [2.75, 3.05) is 23.7 Å². The fraction of sp³-hybridized carbons (Fsp3) is 0.650. The highest BCUT2D eigenvalue weighted by atomic mass is 32.2. The minimum absolute atomic E-state index is 0.153. The van der Waals surface area contributed by atoms with Crippen molar-refractivity contribution >= 4 is 21.6 Å². The first-order valence-electron chi connectivity index (χ1n) is 9.46. The Morgan fingerprint density at radius 2 is 1.62 bits per heavy atom. The predicted molar refractivity (Wildman–Crippen MR) is 109 cm³/mol. The van der Waals surface area contributed by atoms with E-state index in [0.717, 1.165) is 30.4 Å². The van der Waals surface area contributed by atoms with E-state index in [4.69, 9.17) is 0 Å². The Morgan fingerprint density at radius 3 is 2.04 bits per heavy atom. The number of sulfonamides is 1. The standard InChI is InChI=1S/C20H34N2O3S/c1-7-8-9-13-21-19(23)14-22(26(6,24)25)20-17(15(2)3)11-10-12-18(20)16(4)5/h10-12,15-16H,7-9,13-14H2,1-6H3,(H,21,23). The van der Waals surface area contributed by atoms with Crippen LogP contribution < -0.4 is 9.62 Å². The molecule has 148 valence electrons. The molecule has 0 saturated heterocycles. The molecule has 1 aromatic rings. The highest BCUT2D eigenvalue weighted by molar-refractivity contribution is 7.92. The first kappa shape index (κ1) is 22.5. The van der Waals surface area contributed by atoms with Gasteiger partial charge in [0.25, 0.3) is 0 Å². The number of nitrogens with one attached hydrogen (secondary N) is 1. The van der Waals surface area contributed by atoms with Crippen molar-refractivity contribution in [3.63, 3.8) is 0 Å². The van der Waals surface area contributed by atoms with Crippen molar-refractivity contribution in [2.24, 2.45) is 0 Å². The van der Waals surface area contributed by atoms with E-state index in [1.165, 1.54) is 10.6 Å². The molecule has 0 unspecified atom stereocenters. The van der Waals surface area contributed by atoms with Gasteiger partial charge in [0.05, 0.1) is 11.9 Å². The Labute approximate surface area is 159 Å². The van der Waals surface area contributed by atoms with Gasteiger partial charge < -0.3 is 5.32 Å². The number of amides is 1. The Balaban J connectivity index is 3.24. The number of benzene rings is 1. The monoisotopic (exact) mass is 382 g/mol. The molecule has 1 aromatic carbocycles. The van der Waals surface area contributed by atoms with E-state index >= 15 is 0 Å². The quantitative estimate of drug-likeness (QED) is 0.622. The van der Waals surface area contributed by atoms with Crippen LogP contribution in [-0.2, 0) is 14.8 Å². The van der Waals surface area contributed by atoms with Crippen LogP contribution >= 0.6 is 0 Å². The summed E-state index contributed by atoms with van der Waals surface area (Å²) in [6.07, 6.45) is 4.19. The zero-order valence-electron chi connectivity index (χ0n) is 17.0. The van der Waals surface area contributed by atoms with E-state index in [-0.39, 0.29) is 24.3 Å². The van der Waals surface area contributed by atoms with Crippen LogP contribution in [0.5, 0.6) is 0 Å². The van der Waals surface area contributed by atoms with E-state index in [1.807, 2.05) is 45.9 Å². The maximum absolute atomic E-state index is 12.5. The number of rotatable bonds is 10. The first-order chi connectivity index (χ1) is 12.1. The summed E-state index contributed by atoms with van der Waals surface area (Å²) >= 11 is 0. The van der Waals surface area contributed by atoms with Crippen LogP contribution in [0.2, 0.25) is 0 Å². The highest BCUT2D eigenvalue weighted by Gasteiger charge is 2.27. The summed E-state index contributed by atoms with van der Waals surface area (Å²) in [6, 6.07) is 5.85. The zero-order valence-corrected chi connectivity index (χ0v) is 17.8. The molecule has 5 nitrogen and oxygen atoms in total. The number of hydrogen-bond donors (Lipinski definition) is 1. The fourth-order valence-corrected chi connectivity index (χ4v) is 3.85. The van der Waals surface area contributed by atoms with E-state index in [1.54, 1.807) is 0 Å². The van der Waals surface area contributed by atoms with Crippen LogP contribution in [0.25, 0.3) is 0 Å². The lowest BCUT2D eigenvalue weighted by molar-refractivity contribution is -0.119. The largest absolute Gasteiger partial charge is 0.355 e. The minimum Gasteiger partial charge on any atom is -0.355 e. The van der Waals surface area contributed by atoms with Crippen molar-refractivity contribution in [3.05, 3.63) is 29.3 Å². The van der Waals surface area contributed by atoms with Gasteiger partial charge in [-0.15, -0.1) is 0 Å². The average Bonchev–Trinajstić information content (AvgIpc) is 2.54. The van der Waals surface area contributed by atoms with Gasteiger partial charge in [0.15, 0.2) is 0 Å². The third kappa shape index (κ3) is 6.31. The molecule has 0 aliphatic rings. The van der Waals surface area contributed by atoms with Gasteiger partial charge in [-0.05, 0) is 29.4 Å². The van der Waals surface area contributed by atoms with Gasteiger partial charge in [0, 0.05) is 6.54 Å². The van der Waals surface area contributed by atoms with Gasteiger partial charge in [0.1, 0.15) is 6.54 Å². The molecular weight excluding hydrogens is 348 g/mol. The lowest BCUT2D eigenvalue weighted by Crippen LogP contribution is -2.41. The van der Waals surface area contributed by atoms with Gasteiger partial charge in [0.2, 0.25) is 15.9 Å². The van der Waals surface area contributed by atoms with Gasteiger partial charge in [-0.25, -0.2) is 8.42 Å². The molecule has 0 radical (unpaired) electrons. The van der Waals surface area contributed by atoms with E-state index in [0.29, 0.717) is 12.2 Å². The molecule has 0 atom stereocenters. The first-order valence-corrected chi connectivity index (χ1v) is 11.3. The topological polar surface area (TPSA) is 66.5 Å². The van der Waals surface area contributed by atoms with Gasteiger partial charge >= 0.3 is 0 Å². The number of hydrogen-bond acceptors (Lipinski definition) is 3. The summed E-state index contributed by atoms with van der Waals surface area (Å²) in [5.74, 6) is 0.0425. The number of anilines is 1. The van der Waals surface area contributed by atoms with Gasteiger partial charge in [-0.3, -0.25) is 9.10 Å². The molecule has 6 heteroatoms. The Kier molecular flexibility index (Phi) is 8.60. The van der Waals surface area contributed by atoms with Crippen LogP contribution in [-0.4, -0.2) is 33.7 Å². The van der Waals surface area contributed by atoms with Crippen LogP contribution in [0, 0.1) is 0 Å². The third-order valence-electron chi connectivity index (χ3n) is 4.38. The molecule has 0 spiro atoms. The number of unbranched alkanes of at least 4 members (excludes halogenated alkanes) is 2. The number of para-hydroxylation sites is 1. The van der Waals surface area contributed by atoms with E-state index in [2.05, 4.69) is 12.2 Å². The number of carbonyl (C=O) groups is 1. The van der Waals surface area contributed by atoms with Crippen molar-refractivity contribution in [2.45, 2.75) is 65.7 Å². The molecular formula is C20H34N2O3S. The molecule has 1 amide bonds. The summed E-state index contributed by atoms with van der Waals surface area (Å²) in [5, 5.41) is 2.84. The smallest absolute Gasteiger partial charge is 0.240 e. The summed E-state index contributed by atoms with van der Waals surface area (Å²) in [4.78, 5) is 12.4. The second kappa shape index (κ2) is 9.95. The SMILES string of the molecule is CCCCCNC(=O)CN(c1c(C(C)C)cccc1C(C)C)S(C)(=O)=O. The minimum atomic E-state index is -3.59. The molecule has 1 rings (SSSR count). The van der Waals surface area contributed by atoms with Crippen LogP contribution in [0.15, 0.2) is 18.2 Å². The van der Waals surface area contributed by atoms with Crippen molar-refractivity contribution < 1.29 is 13.2 Å². The van der Waals surface area contributed by atoms with Crippen molar-refractivity contribution in [3.8, 4) is 0 Å². The van der Waals surface area contributed by atoms with Gasteiger partial charge in [-0.2, -0.15) is 0 Å². The van der Waals surface area contributed by atoms with Crippen LogP contribution in [0.1, 0.15) is 76.8 Å². The number of carbonyl (C=O) groups excluding carboxylic acids is 1. The summed E-state index contributed by atoms with van der Waals surface area (Å²) in [5.41, 5.74) is 2.55. The fourth-order valence-electron chi connectivity index (χ4n) is 2.95. The highest BCUT2D eigenvalue weighted by Crippen LogP contribution is 2.36. The molecule has 0 heterocycles. The average molecular weight is 383 g/mol. The second-order valence-electron chi connectivity index (χ2n) is 7.42. The molecule has 26 heavy (non-hydrogen) atoms. The number of nitrogens with zero attached hydrogens (tertiary/aromatic N) is 1. The van der Waals surface area contributed by atoms with E-state index in [9.17, 15) is 13.2 Å². The molecule has 0 aliphatic heterocycles. The Bertz CT molecular complexity index is 671. The summed E-state index contributed by atoms with van der Waals surface area (Å²) < 4.78 is 26.3. The molecule has 0 bridgehead atoms. The molecule has 0 saturated carbocycles. The second-order valence-corrected chi connectivity index (χ2v) is 9.33. The molecule has 0 aliphatic carbocycles. The predicted octanol–water partition coefficient (Wildman–Crippen LogP) is 4.01. The normalized spacial score (nSPS) is 11.8.